The lowest BCUT2D eigenvalue weighted by Gasteiger charge is -2.23. The molecule has 0 aliphatic rings. The van der Waals surface area contributed by atoms with Crippen LogP contribution in [0.1, 0.15) is 232 Å². The quantitative estimate of drug-likeness (QED) is 0.0276. The summed E-state index contributed by atoms with van der Waals surface area (Å²) in [5.74, 6) is -0.190. The zero-order valence-corrected chi connectivity index (χ0v) is 35.9. The summed E-state index contributed by atoms with van der Waals surface area (Å²) in [5, 5.41) is 13.7. The van der Waals surface area contributed by atoms with Crippen LogP contribution in [-0.2, 0) is 18.4 Å². The molecular weight excluding hydrogens is 683 g/mol. The maximum Gasteiger partial charge on any atom is 0.472 e. The molecule has 0 aromatic rings. The molecule has 5 N–H and O–H groups in total. The first kappa shape index (κ1) is 52.2. The molecule has 0 heterocycles. The number of allylic oxidation sites excluding steroid dienone is 1. The van der Waals surface area contributed by atoms with E-state index in [0.29, 0.717) is 6.42 Å². The Bertz CT molecular complexity index is 845. The first-order valence-electron chi connectivity index (χ1n) is 22.8. The van der Waals surface area contributed by atoms with E-state index in [0.717, 1.165) is 38.5 Å². The van der Waals surface area contributed by atoms with Crippen LogP contribution in [0.2, 0.25) is 0 Å². The van der Waals surface area contributed by atoms with Crippen LogP contribution in [-0.4, -0.2) is 47.8 Å². The lowest BCUT2D eigenvalue weighted by Crippen LogP contribution is -2.45. The van der Waals surface area contributed by atoms with E-state index in [-0.39, 0.29) is 25.7 Å². The number of hydrogen-bond donors (Lipinski definition) is 4. The van der Waals surface area contributed by atoms with E-state index in [1.165, 1.54) is 173 Å². The van der Waals surface area contributed by atoms with Gasteiger partial charge >= 0.3 is 7.82 Å². The molecular formula is C44H89N2O6P. The number of phosphoric ester groups is 1. The molecule has 316 valence electrons. The van der Waals surface area contributed by atoms with E-state index in [1.807, 2.05) is 6.08 Å². The number of carbonyl (C=O) groups is 1. The summed E-state index contributed by atoms with van der Waals surface area (Å²) in [6.07, 6.45) is 45.4. The second kappa shape index (κ2) is 40.9. The average molecular weight is 773 g/mol. The number of rotatable bonds is 43. The van der Waals surface area contributed by atoms with E-state index in [1.54, 1.807) is 6.08 Å². The number of unbranched alkanes of at least 4 members (excludes halogenated alkanes) is 31. The third-order valence-corrected chi connectivity index (χ3v) is 11.3. The van der Waals surface area contributed by atoms with Gasteiger partial charge in [0.1, 0.15) is 0 Å². The summed E-state index contributed by atoms with van der Waals surface area (Å²) >= 11 is 0. The zero-order valence-electron chi connectivity index (χ0n) is 35.0. The standard InChI is InChI=1S/C44H89N2O6P/c1-3-5-7-9-11-13-15-17-19-21-22-24-26-28-30-32-34-36-38-44(48)46-42(41-52-53(49,50)51-40-39-45)43(47)37-35-33-31-29-27-25-23-20-18-16-14-12-10-8-6-4-2/h35,37,42-43,47H,3-34,36,38-41,45H2,1-2H3,(H,46,48)(H,49,50)/b37-35+/t42-,43+/m0/s1. The highest BCUT2D eigenvalue weighted by molar-refractivity contribution is 7.47. The molecule has 0 radical (unpaired) electrons. The number of carbonyl (C=O) groups excluding carboxylic acids is 1. The maximum atomic E-state index is 12.8. The van der Waals surface area contributed by atoms with Gasteiger partial charge in [0.15, 0.2) is 0 Å². The molecule has 0 aromatic carbocycles. The Morgan fingerprint density at radius 1 is 0.604 bits per heavy atom. The number of hydrogen-bond acceptors (Lipinski definition) is 6. The highest BCUT2D eigenvalue weighted by Gasteiger charge is 2.26. The van der Waals surface area contributed by atoms with Crippen LogP contribution < -0.4 is 11.1 Å². The molecule has 0 aliphatic carbocycles. The van der Waals surface area contributed by atoms with Gasteiger partial charge < -0.3 is 21.1 Å². The van der Waals surface area contributed by atoms with E-state index in [9.17, 15) is 19.4 Å². The third-order valence-electron chi connectivity index (χ3n) is 10.4. The lowest BCUT2D eigenvalue weighted by molar-refractivity contribution is -0.123. The Morgan fingerprint density at radius 3 is 1.34 bits per heavy atom. The number of phosphoric acid groups is 1. The second-order valence-corrected chi connectivity index (χ2v) is 17.1. The normalized spacial score (nSPS) is 14.1. The Hall–Kier alpha value is -0.760. The molecule has 0 spiro atoms. The highest BCUT2D eigenvalue weighted by atomic mass is 31.2. The molecule has 9 heteroatoms. The summed E-state index contributed by atoms with van der Waals surface area (Å²) in [7, 11) is -4.33. The van der Waals surface area contributed by atoms with Gasteiger partial charge in [0, 0.05) is 13.0 Å². The minimum Gasteiger partial charge on any atom is -0.387 e. The predicted octanol–water partition coefficient (Wildman–Crippen LogP) is 12.8. The molecule has 53 heavy (non-hydrogen) atoms. The average Bonchev–Trinajstić information content (AvgIpc) is 3.14. The minimum absolute atomic E-state index is 0.0814. The molecule has 1 amide bonds. The second-order valence-electron chi connectivity index (χ2n) is 15.6. The van der Waals surface area contributed by atoms with Crippen LogP contribution in [0.4, 0.5) is 0 Å². The summed E-state index contributed by atoms with van der Waals surface area (Å²) < 4.78 is 22.1. The van der Waals surface area contributed by atoms with Crippen LogP contribution in [0.3, 0.4) is 0 Å². The first-order chi connectivity index (χ1) is 25.9. The zero-order chi connectivity index (χ0) is 38.9. The lowest BCUT2D eigenvalue weighted by atomic mass is 10.0. The van der Waals surface area contributed by atoms with Gasteiger partial charge in [0.05, 0.1) is 25.4 Å². The molecule has 0 aromatic heterocycles. The summed E-state index contributed by atoms with van der Waals surface area (Å²) in [6, 6.07) is -0.854. The molecule has 1 unspecified atom stereocenters. The summed E-state index contributed by atoms with van der Waals surface area (Å²) in [4.78, 5) is 22.7. The minimum atomic E-state index is -4.33. The smallest absolute Gasteiger partial charge is 0.387 e. The topological polar surface area (TPSA) is 131 Å². The Morgan fingerprint density at radius 2 is 0.962 bits per heavy atom. The maximum absolute atomic E-state index is 12.8. The number of amides is 1. The van der Waals surface area contributed by atoms with Crippen molar-refractivity contribution < 1.29 is 28.4 Å². The molecule has 0 fully saturated rings. The van der Waals surface area contributed by atoms with Crippen LogP contribution >= 0.6 is 7.82 Å². The van der Waals surface area contributed by atoms with Gasteiger partial charge in [-0.25, -0.2) is 4.57 Å². The van der Waals surface area contributed by atoms with Crippen molar-refractivity contribution in [3.8, 4) is 0 Å². The van der Waals surface area contributed by atoms with Crippen LogP contribution in [0, 0.1) is 0 Å². The fourth-order valence-electron chi connectivity index (χ4n) is 6.90. The van der Waals surface area contributed by atoms with Crippen molar-refractivity contribution in [2.24, 2.45) is 5.73 Å². The third kappa shape index (κ3) is 39.3. The van der Waals surface area contributed by atoms with Crippen LogP contribution in [0.15, 0.2) is 12.2 Å². The van der Waals surface area contributed by atoms with E-state index in [2.05, 4.69) is 19.2 Å². The molecule has 3 atom stereocenters. The number of aliphatic hydroxyl groups excluding tert-OH is 1. The van der Waals surface area contributed by atoms with Crippen LogP contribution in [0.5, 0.6) is 0 Å². The van der Waals surface area contributed by atoms with Crippen molar-refractivity contribution in [1.29, 1.82) is 0 Å². The van der Waals surface area contributed by atoms with Crippen LogP contribution in [0.25, 0.3) is 0 Å². The Balaban J connectivity index is 4.15. The number of nitrogens with one attached hydrogen (secondary N) is 1. The van der Waals surface area contributed by atoms with Crippen molar-refractivity contribution in [2.75, 3.05) is 19.8 Å². The molecule has 8 nitrogen and oxygen atoms in total. The number of aliphatic hydroxyl groups is 1. The van der Waals surface area contributed by atoms with E-state index in [4.69, 9.17) is 14.8 Å². The Kier molecular flexibility index (Phi) is 40.3. The molecule has 0 saturated heterocycles. The van der Waals surface area contributed by atoms with Gasteiger partial charge in [0.25, 0.3) is 0 Å². The van der Waals surface area contributed by atoms with Crippen molar-refractivity contribution in [1.82, 2.24) is 5.32 Å². The Labute approximate surface area is 328 Å². The van der Waals surface area contributed by atoms with Crippen molar-refractivity contribution in [3.63, 3.8) is 0 Å². The monoisotopic (exact) mass is 773 g/mol. The SMILES string of the molecule is CCCCCCCCCCCCCCCC/C=C/[C@@H](O)[C@H](COP(=O)(O)OCCN)NC(=O)CCCCCCCCCCCCCCCCCCCC. The van der Waals surface area contributed by atoms with Crippen molar-refractivity contribution >= 4 is 13.7 Å². The van der Waals surface area contributed by atoms with Crippen molar-refractivity contribution in [2.45, 2.75) is 244 Å². The van der Waals surface area contributed by atoms with Gasteiger partial charge in [-0.2, -0.15) is 0 Å². The van der Waals surface area contributed by atoms with E-state index >= 15 is 0 Å². The molecule has 0 aliphatic heterocycles. The molecule has 0 saturated carbocycles. The largest absolute Gasteiger partial charge is 0.472 e. The first-order valence-corrected chi connectivity index (χ1v) is 24.3. The highest BCUT2D eigenvalue weighted by Crippen LogP contribution is 2.43. The fourth-order valence-corrected chi connectivity index (χ4v) is 7.66. The summed E-state index contributed by atoms with van der Waals surface area (Å²) in [6.45, 7) is 4.16. The number of nitrogens with two attached hydrogens (primary N) is 1. The fraction of sp³-hybridized carbons (Fsp3) is 0.932. The van der Waals surface area contributed by atoms with Gasteiger partial charge in [-0.3, -0.25) is 13.8 Å². The van der Waals surface area contributed by atoms with Gasteiger partial charge in [0.2, 0.25) is 5.91 Å². The predicted molar refractivity (Wildman–Crippen MR) is 226 cm³/mol. The van der Waals surface area contributed by atoms with E-state index < -0.39 is 20.0 Å². The summed E-state index contributed by atoms with van der Waals surface area (Å²) in [5.41, 5.74) is 5.38. The van der Waals surface area contributed by atoms with Gasteiger partial charge in [-0.1, -0.05) is 219 Å². The van der Waals surface area contributed by atoms with Gasteiger partial charge in [-0.15, -0.1) is 0 Å². The van der Waals surface area contributed by atoms with Gasteiger partial charge in [-0.05, 0) is 19.3 Å². The molecule has 0 rings (SSSR count). The molecule has 0 bridgehead atoms. The van der Waals surface area contributed by atoms with Crippen molar-refractivity contribution in [3.05, 3.63) is 12.2 Å².